The normalized spacial score (nSPS) is 11.3. The average Bonchev–Trinajstić information content (AvgIpc) is 2.90. The Bertz CT molecular complexity index is 546. The number of hydrogen-bond acceptors (Lipinski definition) is 4. The van der Waals surface area contributed by atoms with Crippen molar-refractivity contribution in [2.45, 2.75) is 27.3 Å². The smallest absolute Gasteiger partial charge is 0.275 e. The molecule has 0 saturated heterocycles. The van der Waals surface area contributed by atoms with Crippen LogP contribution in [0.4, 0.5) is 0 Å². The van der Waals surface area contributed by atoms with Crippen molar-refractivity contribution in [3.05, 3.63) is 47.0 Å². The lowest BCUT2D eigenvalue weighted by Gasteiger charge is -2.29. The lowest BCUT2D eigenvalue weighted by atomic mass is 9.95. The van der Waals surface area contributed by atoms with E-state index < -0.39 is 0 Å². The van der Waals surface area contributed by atoms with Crippen molar-refractivity contribution in [2.24, 2.45) is 5.41 Å². The average molecular weight is 289 g/mol. The number of rotatable bonds is 4. The summed E-state index contributed by atoms with van der Waals surface area (Å²) < 4.78 is 3.77. The molecule has 0 unspecified atom stereocenters. The minimum absolute atomic E-state index is 0.0356. The number of carbonyl (C=O) groups is 1. The summed E-state index contributed by atoms with van der Waals surface area (Å²) in [6.45, 7) is 7.64. The van der Waals surface area contributed by atoms with Gasteiger partial charge in [0.15, 0.2) is 5.69 Å². The van der Waals surface area contributed by atoms with Crippen LogP contribution in [0.25, 0.3) is 0 Å². The highest BCUT2D eigenvalue weighted by Gasteiger charge is 2.23. The summed E-state index contributed by atoms with van der Waals surface area (Å²) in [5.41, 5.74) is 1.58. The van der Waals surface area contributed by atoms with Gasteiger partial charge in [0.05, 0.1) is 0 Å². The minimum Gasteiger partial charge on any atom is -0.332 e. The van der Waals surface area contributed by atoms with E-state index in [1.807, 2.05) is 35.2 Å². The third kappa shape index (κ3) is 4.13. The Balaban J connectivity index is 2.19. The molecule has 106 valence electrons. The van der Waals surface area contributed by atoms with Gasteiger partial charge in [-0.15, -0.1) is 5.10 Å². The Labute approximate surface area is 123 Å². The number of hydrogen-bond donors (Lipinski definition) is 0. The van der Waals surface area contributed by atoms with E-state index in [4.69, 9.17) is 0 Å². The van der Waals surface area contributed by atoms with Crippen molar-refractivity contribution < 1.29 is 4.79 Å². The van der Waals surface area contributed by atoms with E-state index >= 15 is 0 Å². The topological polar surface area (TPSA) is 46.1 Å². The van der Waals surface area contributed by atoms with Crippen LogP contribution in [0.3, 0.4) is 0 Å². The van der Waals surface area contributed by atoms with Crippen molar-refractivity contribution in [1.29, 1.82) is 0 Å². The lowest BCUT2D eigenvalue weighted by molar-refractivity contribution is 0.0674. The molecule has 1 aromatic carbocycles. The highest BCUT2D eigenvalue weighted by molar-refractivity contribution is 7.03. The van der Waals surface area contributed by atoms with E-state index in [9.17, 15) is 4.79 Å². The molecule has 2 aromatic rings. The predicted octanol–water partition coefficient (Wildman–Crippen LogP) is 3.23. The zero-order valence-corrected chi connectivity index (χ0v) is 12.9. The minimum atomic E-state index is -0.0578. The molecule has 1 aromatic heterocycles. The second-order valence-corrected chi connectivity index (χ2v) is 6.61. The fourth-order valence-electron chi connectivity index (χ4n) is 2.00. The number of benzene rings is 1. The molecule has 0 aliphatic heterocycles. The van der Waals surface area contributed by atoms with Gasteiger partial charge in [0.2, 0.25) is 0 Å². The highest BCUT2D eigenvalue weighted by atomic mass is 32.1. The van der Waals surface area contributed by atoms with Gasteiger partial charge in [-0.25, -0.2) is 0 Å². The molecule has 0 radical (unpaired) electrons. The third-order valence-corrected chi connectivity index (χ3v) is 3.25. The molecule has 20 heavy (non-hydrogen) atoms. The van der Waals surface area contributed by atoms with Crippen molar-refractivity contribution in [3.8, 4) is 0 Å². The van der Waals surface area contributed by atoms with E-state index in [1.54, 1.807) is 5.38 Å². The molecule has 2 rings (SSSR count). The van der Waals surface area contributed by atoms with E-state index in [-0.39, 0.29) is 11.3 Å². The van der Waals surface area contributed by atoms with Crippen LogP contribution < -0.4 is 0 Å². The quantitative estimate of drug-likeness (QED) is 0.868. The van der Waals surface area contributed by atoms with Gasteiger partial charge in [-0.05, 0) is 22.5 Å². The predicted molar refractivity (Wildman–Crippen MR) is 80.5 cm³/mol. The van der Waals surface area contributed by atoms with Crippen molar-refractivity contribution in [3.63, 3.8) is 0 Å². The Kier molecular flexibility index (Phi) is 4.49. The molecular weight excluding hydrogens is 270 g/mol. The van der Waals surface area contributed by atoms with Crippen LogP contribution in [0.15, 0.2) is 35.7 Å². The first-order chi connectivity index (χ1) is 9.46. The number of carbonyl (C=O) groups excluding carboxylic acids is 1. The number of amides is 1. The van der Waals surface area contributed by atoms with Crippen molar-refractivity contribution in [1.82, 2.24) is 14.5 Å². The zero-order valence-electron chi connectivity index (χ0n) is 12.0. The van der Waals surface area contributed by atoms with Crippen LogP contribution >= 0.6 is 11.5 Å². The number of nitrogens with zero attached hydrogens (tertiary/aromatic N) is 3. The van der Waals surface area contributed by atoms with E-state index in [0.717, 1.165) is 5.56 Å². The van der Waals surface area contributed by atoms with Gasteiger partial charge >= 0.3 is 0 Å². The Morgan fingerprint density at radius 2 is 1.95 bits per heavy atom. The summed E-state index contributed by atoms with van der Waals surface area (Å²) in [7, 11) is 0. The fourth-order valence-corrected chi connectivity index (χ4v) is 2.43. The molecule has 0 spiro atoms. The van der Waals surface area contributed by atoms with Crippen molar-refractivity contribution >= 4 is 17.4 Å². The summed E-state index contributed by atoms with van der Waals surface area (Å²) in [6.07, 6.45) is 0. The summed E-state index contributed by atoms with van der Waals surface area (Å²) in [5, 5.41) is 5.58. The summed E-state index contributed by atoms with van der Waals surface area (Å²) >= 11 is 1.20. The van der Waals surface area contributed by atoms with Gasteiger partial charge in [0, 0.05) is 18.5 Å². The molecule has 1 amide bonds. The molecule has 1 heterocycles. The van der Waals surface area contributed by atoms with Crippen LogP contribution in [0, 0.1) is 5.41 Å². The maximum Gasteiger partial charge on any atom is 0.275 e. The van der Waals surface area contributed by atoms with Gasteiger partial charge in [-0.3, -0.25) is 4.79 Å². The maximum absolute atomic E-state index is 12.5. The highest BCUT2D eigenvalue weighted by Crippen LogP contribution is 2.19. The molecule has 0 aliphatic rings. The standard InChI is InChI=1S/C15H19N3OS/c1-15(2,3)11-18(9-12-7-5-4-6-8-12)14(19)13-10-20-17-16-13/h4-8,10H,9,11H2,1-3H3. The summed E-state index contributed by atoms with van der Waals surface area (Å²) in [5.74, 6) is -0.0578. The fraction of sp³-hybridized carbons (Fsp3) is 0.400. The molecule has 0 saturated carbocycles. The molecular formula is C15H19N3OS. The van der Waals surface area contributed by atoms with E-state index in [1.165, 1.54) is 11.5 Å². The van der Waals surface area contributed by atoms with Crippen LogP contribution in [0.1, 0.15) is 36.8 Å². The summed E-state index contributed by atoms with van der Waals surface area (Å²) in [4.78, 5) is 14.4. The molecule has 0 aliphatic carbocycles. The van der Waals surface area contributed by atoms with E-state index in [0.29, 0.717) is 18.8 Å². The SMILES string of the molecule is CC(C)(C)CN(Cc1ccccc1)C(=O)c1csnn1. The van der Waals surface area contributed by atoms with Gasteiger partial charge in [0.25, 0.3) is 5.91 Å². The monoisotopic (exact) mass is 289 g/mol. The lowest BCUT2D eigenvalue weighted by Crippen LogP contribution is -2.37. The number of aromatic nitrogens is 2. The maximum atomic E-state index is 12.5. The van der Waals surface area contributed by atoms with Gasteiger partial charge in [0.1, 0.15) is 0 Å². The van der Waals surface area contributed by atoms with Crippen LogP contribution in [0.2, 0.25) is 0 Å². The van der Waals surface area contributed by atoms with Crippen LogP contribution in [0.5, 0.6) is 0 Å². The first-order valence-corrected chi connectivity index (χ1v) is 7.40. The van der Waals surface area contributed by atoms with Gasteiger partial charge < -0.3 is 4.90 Å². The molecule has 5 heteroatoms. The Morgan fingerprint density at radius 3 is 2.50 bits per heavy atom. The van der Waals surface area contributed by atoms with Gasteiger partial charge in [-0.1, -0.05) is 55.6 Å². The van der Waals surface area contributed by atoms with E-state index in [2.05, 4.69) is 30.4 Å². The second-order valence-electron chi connectivity index (χ2n) is 6.00. The molecule has 0 fully saturated rings. The molecule has 0 bridgehead atoms. The Hall–Kier alpha value is -1.75. The first kappa shape index (κ1) is 14.7. The molecule has 0 N–H and O–H groups in total. The Morgan fingerprint density at radius 1 is 1.25 bits per heavy atom. The molecule has 0 atom stereocenters. The third-order valence-electron chi connectivity index (χ3n) is 2.75. The zero-order chi connectivity index (χ0) is 14.6. The largest absolute Gasteiger partial charge is 0.332 e. The second kappa shape index (κ2) is 6.13. The van der Waals surface area contributed by atoms with Crippen molar-refractivity contribution in [2.75, 3.05) is 6.54 Å². The molecule has 4 nitrogen and oxygen atoms in total. The first-order valence-electron chi connectivity index (χ1n) is 6.56. The van der Waals surface area contributed by atoms with Crippen LogP contribution in [-0.2, 0) is 6.54 Å². The summed E-state index contributed by atoms with van der Waals surface area (Å²) in [6, 6.07) is 10.0. The van der Waals surface area contributed by atoms with Gasteiger partial charge in [-0.2, -0.15) is 0 Å². The van der Waals surface area contributed by atoms with Crippen LogP contribution in [-0.4, -0.2) is 26.9 Å².